The number of halogens is 2. The highest BCUT2D eigenvalue weighted by atomic mass is 35.5. The quantitative estimate of drug-likeness (QED) is 0.883. The van der Waals surface area contributed by atoms with E-state index in [0.29, 0.717) is 15.7 Å². The molecule has 0 saturated heterocycles. The minimum absolute atomic E-state index is 0.262. The van der Waals surface area contributed by atoms with Crippen molar-refractivity contribution in [3.05, 3.63) is 52.3 Å². The van der Waals surface area contributed by atoms with Gasteiger partial charge in [0.05, 0.1) is 6.20 Å². The van der Waals surface area contributed by atoms with E-state index in [4.69, 9.17) is 23.2 Å². The minimum Gasteiger partial charge on any atom is -0.322 e. The second-order valence-electron chi connectivity index (χ2n) is 3.93. The van der Waals surface area contributed by atoms with Gasteiger partial charge < -0.3 is 5.32 Å². The molecule has 1 N–H and O–H groups in total. The number of nitrogens with one attached hydrogen (secondary N) is 1. The zero-order valence-electron chi connectivity index (χ0n) is 10.1. The Bertz CT molecular complexity index is 614. The second kappa shape index (κ2) is 5.91. The van der Waals surface area contributed by atoms with Crippen LogP contribution in [0.15, 0.2) is 36.7 Å². The molecule has 19 heavy (non-hydrogen) atoms. The molecule has 98 valence electrons. The molecule has 1 aromatic carbocycles. The van der Waals surface area contributed by atoms with E-state index >= 15 is 0 Å². The Kier molecular flexibility index (Phi) is 4.24. The van der Waals surface area contributed by atoms with Crippen LogP contribution in [-0.2, 0) is 11.8 Å². The lowest BCUT2D eigenvalue weighted by Crippen LogP contribution is -2.07. The first kappa shape index (κ1) is 13.6. The van der Waals surface area contributed by atoms with Crippen molar-refractivity contribution in [2.24, 2.45) is 7.05 Å². The number of hydrogen-bond acceptors (Lipinski definition) is 2. The number of nitrogens with zero attached hydrogens (tertiary/aromatic N) is 2. The van der Waals surface area contributed by atoms with Crippen LogP contribution in [0.4, 0.5) is 5.69 Å². The molecule has 1 amide bonds. The van der Waals surface area contributed by atoms with E-state index in [1.54, 1.807) is 41.4 Å². The number of rotatable bonds is 3. The molecule has 0 saturated carbocycles. The molecule has 4 nitrogen and oxygen atoms in total. The summed E-state index contributed by atoms with van der Waals surface area (Å²) in [5, 5.41) is 7.62. The maximum atomic E-state index is 11.7. The summed E-state index contributed by atoms with van der Waals surface area (Å²) in [6, 6.07) is 4.86. The van der Waals surface area contributed by atoms with Crippen molar-refractivity contribution in [3.63, 3.8) is 0 Å². The predicted molar refractivity (Wildman–Crippen MR) is 77.3 cm³/mol. The number of hydrogen-bond donors (Lipinski definition) is 1. The lowest BCUT2D eigenvalue weighted by Gasteiger charge is -2.03. The summed E-state index contributed by atoms with van der Waals surface area (Å²) in [7, 11) is 1.81. The molecule has 1 heterocycles. The van der Waals surface area contributed by atoms with Gasteiger partial charge in [0.2, 0.25) is 5.91 Å². The number of carbonyl (C=O) groups is 1. The number of anilines is 1. The van der Waals surface area contributed by atoms with Crippen LogP contribution in [-0.4, -0.2) is 15.7 Å². The highest BCUT2D eigenvalue weighted by molar-refractivity contribution is 6.35. The van der Waals surface area contributed by atoms with Gasteiger partial charge in [-0.25, -0.2) is 0 Å². The molecule has 0 atom stereocenters. The molecule has 0 bridgehead atoms. The fourth-order valence-corrected chi connectivity index (χ4v) is 2.03. The zero-order valence-corrected chi connectivity index (χ0v) is 11.6. The van der Waals surface area contributed by atoms with Gasteiger partial charge >= 0.3 is 0 Å². The normalized spacial score (nSPS) is 10.9. The van der Waals surface area contributed by atoms with Crippen molar-refractivity contribution < 1.29 is 4.79 Å². The lowest BCUT2D eigenvalue weighted by molar-refractivity contribution is -0.111. The third-order valence-corrected chi connectivity index (χ3v) is 2.72. The summed E-state index contributed by atoms with van der Waals surface area (Å²) < 4.78 is 1.66. The second-order valence-corrected chi connectivity index (χ2v) is 4.80. The van der Waals surface area contributed by atoms with Crippen molar-refractivity contribution >= 4 is 40.9 Å². The topological polar surface area (TPSA) is 46.9 Å². The summed E-state index contributed by atoms with van der Waals surface area (Å²) in [4.78, 5) is 11.7. The van der Waals surface area contributed by atoms with E-state index in [9.17, 15) is 4.79 Å². The molecule has 0 aliphatic carbocycles. The van der Waals surface area contributed by atoms with E-state index in [1.165, 1.54) is 6.08 Å². The summed E-state index contributed by atoms with van der Waals surface area (Å²) >= 11 is 11.7. The van der Waals surface area contributed by atoms with Crippen molar-refractivity contribution in [1.29, 1.82) is 0 Å². The van der Waals surface area contributed by atoms with E-state index in [0.717, 1.165) is 5.56 Å². The largest absolute Gasteiger partial charge is 0.322 e. The van der Waals surface area contributed by atoms with Crippen molar-refractivity contribution in [3.8, 4) is 0 Å². The van der Waals surface area contributed by atoms with Crippen LogP contribution in [0.1, 0.15) is 5.56 Å². The Hall–Kier alpha value is -1.78. The van der Waals surface area contributed by atoms with Crippen LogP contribution in [0.3, 0.4) is 0 Å². The summed E-state index contributed by atoms with van der Waals surface area (Å²) in [5.74, 6) is -0.262. The lowest BCUT2D eigenvalue weighted by atomic mass is 10.3. The van der Waals surface area contributed by atoms with Crippen LogP contribution in [0.2, 0.25) is 10.0 Å². The minimum atomic E-state index is -0.262. The Morgan fingerprint density at radius 3 is 2.58 bits per heavy atom. The standard InChI is InChI=1S/C13H11Cl2N3O/c1-18-8-9(7-16-18)2-3-13(19)17-12-5-10(14)4-11(15)6-12/h2-8H,1H3,(H,17,19)/b3-2+. The predicted octanol–water partition coefficient (Wildman–Crippen LogP) is 3.38. The van der Waals surface area contributed by atoms with Gasteiger partial charge in [-0.15, -0.1) is 0 Å². The van der Waals surface area contributed by atoms with E-state index in [1.807, 2.05) is 7.05 Å². The molecular weight excluding hydrogens is 285 g/mol. The Morgan fingerprint density at radius 1 is 1.32 bits per heavy atom. The number of benzene rings is 1. The molecule has 0 radical (unpaired) electrons. The first-order valence-corrected chi connectivity index (χ1v) is 6.22. The van der Waals surface area contributed by atoms with Gasteiger partial charge in [0.25, 0.3) is 0 Å². The third-order valence-electron chi connectivity index (χ3n) is 2.28. The SMILES string of the molecule is Cn1cc(/C=C/C(=O)Nc2cc(Cl)cc(Cl)c2)cn1. The highest BCUT2D eigenvalue weighted by Gasteiger charge is 2.01. The summed E-state index contributed by atoms with van der Waals surface area (Å²) in [6.45, 7) is 0. The molecule has 1 aromatic heterocycles. The van der Waals surface area contributed by atoms with Crippen LogP contribution in [0.25, 0.3) is 6.08 Å². The number of amides is 1. The van der Waals surface area contributed by atoms with Crippen LogP contribution < -0.4 is 5.32 Å². The molecule has 0 aliphatic heterocycles. The zero-order chi connectivity index (χ0) is 13.8. The van der Waals surface area contributed by atoms with E-state index in [-0.39, 0.29) is 5.91 Å². The molecular formula is C13H11Cl2N3O. The van der Waals surface area contributed by atoms with Crippen LogP contribution in [0.5, 0.6) is 0 Å². The van der Waals surface area contributed by atoms with Gasteiger partial charge in [0.1, 0.15) is 0 Å². The molecule has 2 aromatic rings. The third kappa shape index (κ3) is 4.12. The molecule has 0 spiro atoms. The number of aromatic nitrogens is 2. The number of aryl methyl sites for hydroxylation is 1. The van der Waals surface area contributed by atoms with Gasteiger partial charge in [0, 0.05) is 40.6 Å². The Labute approximate surface area is 120 Å². The maximum absolute atomic E-state index is 11.7. The Balaban J connectivity index is 2.03. The molecule has 6 heteroatoms. The fraction of sp³-hybridized carbons (Fsp3) is 0.0769. The highest BCUT2D eigenvalue weighted by Crippen LogP contribution is 2.22. The first-order chi connectivity index (χ1) is 9.02. The van der Waals surface area contributed by atoms with E-state index < -0.39 is 0 Å². The molecule has 0 unspecified atom stereocenters. The van der Waals surface area contributed by atoms with Gasteiger partial charge in [-0.2, -0.15) is 5.10 Å². The molecule has 2 rings (SSSR count). The fourth-order valence-electron chi connectivity index (χ4n) is 1.51. The first-order valence-electron chi connectivity index (χ1n) is 5.47. The maximum Gasteiger partial charge on any atom is 0.248 e. The Morgan fingerprint density at radius 2 is 2.00 bits per heavy atom. The van der Waals surface area contributed by atoms with Crippen LogP contribution in [0, 0.1) is 0 Å². The van der Waals surface area contributed by atoms with Gasteiger partial charge in [0.15, 0.2) is 0 Å². The van der Waals surface area contributed by atoms with Gasteiger partial charge in [-0.05, 0) is 24.3 Å². The van der Waals surface area contributed by atoms with E-state index in [2.05, 4.69) is 10.4 Å². The molecule has 0 fully saturated rings. The molecule has 0 aliphatic rings. The summed E-state index contributed by atoms with van der Waals surface area (Å²) in [5.41, 5.74) is 1.40. The van der Waals surface area contributed by atoms with Crippen molar-refractivity contribution in [2.75, 3.05) is 5.32 Å². The average Bonchev–Trinajstić information content (AvgIpc) is 2.71. The average molecular weight is 296 g/mol. The smallest absolute Gasteiger partial charge is 0.248 e. The monoisotopic (exact) mass is 295 g/mol. The summed E-state index contributed by atoms with van der Waals surface area (Å²) in [6.07, 6.45) is 6.57. The van der Waals surface area contributed by atoms with Gasteiger partial charge in [-0.3, -0.25) is 9.48 Å². The van der Waals surface area contributed by atoms with Crippen molar-refractivity contribution in [2.45, 2.75) is 0 Å². The van der Waals surface area contributed by atoms with Gasteiger partial charge in [-0.1, -0.05) is 23.2 Å². The number of carbonyl (C=O) groups excluding carboxylic acids is 1. The van der Waals surface area contributed by atoms with Crippen LogP contribution >= 0.6 is 23.2 Å². The van der Waals surface area contributed by atoms with Crippen molar-refractivity contribution in [1.82, 2.24) is 9.78 Å².